The monoisotopic (exact) mass is 257 g/mol. The van der Waals surface area contributed by atoms with Crippen LogP contribution in [-0.2, 0) is 6.54 Å². The molecule has 0 atom stereocenters. The lowest BCUT2D eigenvalue weighted by atomic mass is 10.2. The molecular weight excluding hydrogens is 238 g/mol. The van der Waals surface area contributed by atoms with Crippen molar-refractivity contribution in [3.05, 3.63) is 47.4 Å². The number of rotatable bonds is 5. The molecule has 1 N–H and O–H groups in total. The molecule has 0 unspecified atom stereocenters. The molecule has 0 spiro atoms. The minimum absolute atomic E-state index is 0.680. The lowest BCUT2D eigenvalue weighted by Gasteiger charge is -2.10. The van der Waals surface area contributed by atoms with E-state index in [4.69, 9.17) is 4.74 Å². The highest BCUT2D eigenvalue weighted by molar-refractivity contribution is 5.41. The summed E-state index contributed by atoms with van der Waals surface area (Å²) in [7, 11) is 0. The second-order valence-corrected chi connectivity index (χ2v) is 4.38. The highest BCUT2D eigenvalue weighted by Gasteiger charge is 2.02. The number of aryl methyl sites for hydroxylation is 2. The van der Waals surface area contributed by atoms with Crippen LogP contribution in [0.25, 0.3) is 0 Å². The molecule has 0 fully saturated rings. The number of ether oxygens (including phenoxy) is 1. The molecule has 1 heterocycles. The van der Waals surface area contributed by atoms with Crippen molar-refractivity contribution in [3.8, 4) is 5.75 Å². The number of nitrogens with one attached hydrogen (secondary N) is 1. The van der Waals surface area contributed by atoms with Gasteiger partial charge in [-0.1, -0.05) is 12.1 Å². The Labute approximate surface area is 113 Å². The van der Waals surface area contributed by atoms with Crippen LogP contribution in [0, 0.1) is 13.8 Å². The Kier molecular flexibility index (Phi) is 4.34. The zero-order valence-corrected chi connectivity index (χ0v) is 11.6. The third kappa shape index (κ3) is 3.68. The van der Waals surface area contributed by atoms with Crippen LogP contribution < -0.4 is 10.1 Å². The van der Waals surface area contributed by atoms with Crippen LogP contribution in [0.15, 0.2) is 30.5 Å². The maximum Gasteiger partial charge on any atom is 0.148 e. The fourth-order valence-corrected chi connectivity index (χ4v) is 1.80. The predicted octanol–water partition coefficient (Wildman–Crippen LogP) is 3.10. The van der Waals surface area contributed by atoms with E-state index in [1.165, 1.54) is 0 Å². The van der Waals surface area contributed by atoms with Crippen LogP contribution in [0.4, 0.5) is 5.82 Å². The Bertz CT molecular complexity index is 555. The zero-order chi connectivity index (χ0) is 13.7. The minimum atomic E-state index is 0.680. The van der Waals surface area contributed by atoms with Gasteiger partial charge in [-0.25, -0.2) is 4.98 Å². The van der Waals surface area contributed by atoms with Gasteiger partial charge >= 0.3 is 0 Å². The van der Waals surface area contributed by atoms with E-state index in [0.717, 1.165) is 28.5 Å². The smallest absolute Gasteiger partial charge is 0.148 e. The number of hydrogen-bond acceptors (Lipinski definition) is 4. The summed E-state index contributed by atoms with van der Waals surface area (Å²) in [6.45, 7) is 7.26. The molecule has 0 radical (unpaired) electrons. The first-order valence-electron chi connectivity index (χ1n) is 6.45. The van der Waals surface area contributed by atoms with Crippen molar-refractivity contribution >= 4 is 5.82 Å². The van der Waals surface area contributed by atoms with Gasteiger partial charge in [0.1, 0.15) is 11.6 Å². The van der Waals surface area contributed by atoms with E-state index >= 15 is 0 Å². The lowest BCUT2D eigenvalue weighted by molar-refractivity contribution is 0.340. The van der Waals surface area contributed by atoms with Gasteiger partial charge in [0, 0.05) is 12.7 Å². The van der Waals surface area contributed by atoms with E-state index in [9.17, 15) is 0 Å². The Morgan fingerprint density at radius 2 is 2.11 bits per heavy atom. The summed E-state index contributed by atoms with van der Waals surface area (Å²) < 4.78 is 5.49. The summed E-state index contributed by atoms with van der Waals surface area (Å²) in [5.41, 5.74) is 2.98. The SMILES string of the molecule is CCOc1cccc(CNc2nc(C)cnc2C)c1. The predicted molar refractivity (Wildman–Crippen MR) is 76.4 cm³/mol. The molecule has 0 saturated carbocycles. The fourth-order valence-electron chi connectivity index (χ4n) is 1.80. The van der Waals surface area contributed by atoms with Crippen molar-refractivity contribution < 1.29 is 4.74 Å². The van der Waals surface area contributed by atoms with E-state index in [2.05, 4.69) is 21.4 Å². The van der Waals surface area contributed by atoms with Gasteiger partial charge in [-0.3, -0.25) is 4.98 Å². The first-order valence-corrected chi connectivity index (χ1v) is 6.45. The molecule has 4 nitrogen and oxygen atoms in total. The Morgan fingerprint density at radius 3 is 2.89 bits per heavy atom. The summed E-state index contributed by atoms with van der Waals surface area (Å²) >= 11 is 0. The van der Waals surface area contributed by atoms with Gasteiger partial charge in [0.25, 0.3) is 0 Å². The first-order chi connectivity index (χ1) is 9.19. The second-order valence-electron chi connectivity index (χ2n) is 4.38. The maximum absolute atomic E-state index is 5.49. The van der Waals surface area contributed by atoms with Crippen LogP contribution in [0.3, 0.4) is 0 Å². The zero-order valence-electron chi connectivity index (χ0n) is 11.6. The summed E-state index contributed by atoms with van der Waals surface area (Å²) in [5, 5.41) is 3.31. The standard InChI is InChI=1S/C15H19N3O/c1-4-19-14-7-5-6-13(8-14)10-17-15-12(3)16-9-11(2)18-15/h5-9H,4,10H2,1-3H3,(H,17,18). The highest BCUT2D eigenvalue weighted by Crippen LogP contribution is 2.15. The molecular formula is C15H19N3O. The molecule has 0 bridgehead atoms. The van der Waals surface area contributed by atoms with Crippen molar-refractivity contribution in [1.29, 1.82) is 0 Å². The normalized spacial score (nSPS) is 10.3. The summed E-state index contributed by atoms with van der Waals surface area (Å²) in [6, 6.07) is 8.06. The van der Waals surface area contributed by atoms with Gasteiger partial charge in [0.15, 0.2) is 0 Å². The Balaban J connectivity index is 2.05. The first kappa shape index (κ1) is 13.3. The molecule has 1 aromatic carbocycles. The average molecular weight is 257 g/mol. The van der Waals surface area contributed by atoms with Crippen molar-refractivity contribution in [3.63, 3.8) is 0 Å². The lowest BCUT2D eigenvalue weighted by Crippen LogP contribution is -2.05. The molecule has 4 heteroatoms. The summed E-state index contributed by atoms with van der Waals surface area (Å²) in [4.78, 5) is 8.73. The summed E-state index contributed by atoms with van der Waals surface area (Å²) in [6.07, 6.45) is 1.77. The average Bonchev–Trinajstić information content (AvgIpc) is 2.41. The van der Waals surface area contributed by atoms with Gasteiger partial charge < -0.3 is 10.1 Å². The minimum Gasteiger partial charge on any atom is -0.494 e. The molecule has 19 heavy (non-hydrogen) atoms. The van der Waals surface area contributed by atoms with Crippen LogP contribution >= 0.6 is 0 Å². The fraction of sp³-hybridized carbons (Fsp3) is 0.333. The highest BCUT2D eigenvalue weighted by atomic mass is 16.5. The quantitative estimate of drug-likeness (QED) is 0.894. The van der Waals surface area contributed by atoms with E-state index in [1.54, 1.807) is 6.20 Å². The van der Waals surface area contributed by atoms with E-state index < -0.39 is 0 Å². The number of nitrogens with zero attached hydrogens (tertiary/aromatic N) is 2. The van der Waals surface area contributed by atoms with Crippen molar-refractivity contribution in [2.75, 3.05) is 11.9 Å². The van der Waals surface area contributed by atoms with Gasteiger partial charge in [-0.15, -0.1) is 0 Å². The second kappa shape index (κ2) is 6.18. The van der Waals surface area contributed by atoms with Crippen LogP contribution in [0.5, 0.6) is 5.75 Å². The molecule has 1 aromatic heterocycles. The van der Waals surface area contributed by atoms with Gasteiger partial charge in [-0.2, -0.15) is 0 Å². The summed E-state index contributed by atoms with van der Waals surface area (Å²) in [5.74, 6) is 1.73. The van der Waals surface area contributed by atoms with Crippen LogP contribution in [0.2, 0.25) is 0 Å². The molecule has 0 saturated heterocycles. The molecule has 2 rings (SSSR count). The number of hydrogen-bond donors (Lipinski definition) is 1. The molecule has 2 aromatic rings. The van der Waals surface area contributed by atoms with Crippen LogP contribution in [-0.4, -0.2) is 16.6 Å². The van der Waals surface area contributed by atoms with Crippen molar-refractivity contribution in [2.24, 2.45) is 0 Å². The Morgan fingerprint density at radius 1 is 1.26 bits per heavy atom. The molecule has 0 aliphatic rings. The molecule has 0 aliphatic carbocycles. The number of aromatic nitrogens is 2. The third-order valence-electron chi connectivity index (χ3n) is 2.75. The van der Waals surface area contributed by atoms with Gasteiger partial charge in [0.2, 0.25) is 0 Å². The molecule has 0 amide bonds. The number of benzene rings is 1. The molecule has 0 aliphatic heterocycles. The molecule has 100 valence electrons. The van der Waals surface area contributed by atoms with E-state index in [-0.39, 0.29) is 0 Å². The van der Waals surface area contributed by atoms with Crippen molar-refractivity contribution in [2.45, 2.75) is 27.3 Å². The van der Waals surface area contributed by atoms with Crippen molar-refractivity contribution in [1.82, 2.24) is 9.97 Å². The topological polar surface area (TPSA) is 47.0 Å². The Hall–Kier alpha value is -2.10. The number of anilines is 1. The van der Waals surface area contributed by atoms with E-state index in [0.29, 0.717) is 13.2 Å². The largest absolute Gasteiger partial charge is 0.494 e. The van der Waals surface area contributed by atoms with Gasteiger partial charge in [0.05, 0.1) is 18.0 Å². The van der Waals surface area contributed by atoms with Gasteiger partial charge in [-0.05, 0) is 38.5 Å². The van der Waals surface area contributed by atoms with Crippen LogP contribution in [0.1, 0.15) is 23.9 Å². The third-order valence-corrected chi connectivity index (χ3v) is 2.75. The maximum atomic E-state index is 5.49. The van der Waals surface area contributed by atoms with E-state index in [1.807, 2.05) is 39.0 Å².